The Bertz CT molecular complexity index is 606. The first-order valence-electron chi connectivity index (χ1n) is 6.51. The summed E-state index contributed by atoms with van der Waals surface area (Å²) in [5, 5.41) is 18.8. The highest BCUT2D eigenvalue weighted by atomic mass is 32.2. The van der Waals surface area contributed by atoms with Gasteiger partial charge in [-0.2, -0.15) is 0 Å². The van der Waals surface area contributed by atoms with Gasteiger partial charge in [0.1, 0.15) is 4.75 Å². The molecule has 0 fully saturated rings. The van der Waals surface area contributed by atoms with Crippen LogP contribution >= 0.6 is 11.8 Å². The molecule has 2 rings (SSSR count). The van der Waals surface area contributed by atoms with Crippen molar-refractivity contribution >= 4 is 23.7 Å². The van der Waals surface area contributed by atoms with E-state index >= 15 is 0 Å². The van der Waals surface area contributed by atoms with Gasteiger partial charge >= 0.3 is 11.9 Å². The predicted octanol–water partition coefficient (Wildman–Crippen LogP) is 2.96. The molecule has 0 aliphatic heterocycles. The molecule has 0 saturated carbocycles. The highest BCUT2D eigenvalue weighted by Gasteiger charge is 2.46. The summed E-state index contributed by atoms with van der Waals surface area (Å²) in [6, 6.07) is 9.54. The molecule has 110 valence electrons. The van der Waals surface area contributed by atoms with Gasteiger partial charge in [0.05, 0.1) is 0 Å². The Morgan fingerprint density at radius 3 is 2.48 bits per heavy atom. The van der Waals surface area contributed by atoms with Crippen LogP contribution in [0.25, 0.3) is 0 Å². The predicted molar refractivity (Wildman–Crippen MR) is 82.1 cm³/mol. The van der Waals surface area contributed by atoms with Gasteiger partial charge in [-0.25, -0.2) is 4.79 Å². The summed E-state index contributed by atoms with van der Waals surface area (Å²) in [4.78, 5) is 23.0. The molecule has 2 atom stereocenters. The van der Waals surface area contributed by atoms with E-state index in [-0.39, 0.29) is 5.57 Å². The van der Waals surface area contributed by atoms with Gasteiger partial charge in [-0.1, -0.05) is 55.5 Å². The summed E-state index contributed by atoms with van der Waals surface area (Å²) in [7, 11) is 0. The van der Waals surface area contributed by atoms with Gasteiger partial charge in [-0.3, -0.25) is 4.79 Å². The van der Waals surface area contributed by atoms with E-state index < -0.39 is 22.6 Å². The molecule has 1 aliphatic carbocycles. The third-order valence-electron chi connectivity index (χ3n) is 3.63. The van der Waals surface area contributed by atoms with Crippen LogP contribution in [0.1, 0.15) is 12.5 Å². The van der Waals surface area contributed by atoms with Crippen LogP contribution in [0, 0.1) is 5.92 Å². The van der Waals surface area contributed by atoms with Crippen LogP contribution in [-0.4, -0.2) is 26.9 Å². The Morgan fingerprint density at radius 2 is 1.90 bits per heavy atom. The topological polar surface area (TPSA) is 74.6 Å². The van der Waals surface area contributed by atoms with E-state index in [1.807, 2.05) is 30.3 Å². The minimum Gasteiger partial charge on any atom is -0.480 e. The number of rotatable bonds is 5. The largest absolute Gasteiger partial charge is 0.480 e. The van der Waals surface area contributed by atoms with Crippen molar-refractivity contribution in [3.63, 3.8) is 0 Å². The monoisotopic (exact) mass is 304 g/mol. The van der Waals surface area contributed by atoms with Crippen molar-refractivity contribution in [3.8, 4) is 0 Å². The summed E-state index contributed by atoms with van der Waals surface area (Å²) in [5.41, 5.74) is 1.13. The Hall–Kier alpha value is -2.01. The molecule has 0 aromatic heterocycles. The highest BCUT2D eigenvalue weighted by Crippen LogP contribution is 2.42. The van der Waals surface area contributed by atoms with Gasteiger partial charge in [0, 0.05) is 17.2 Å². The fraction of sp³-hybridized carbons (Fsp3) is 0.250. The van der Waals surface area contributed by atoms with Crippen molar-refractivity contribution in [2.75, 3.05) is 0 Å². The van der Waals surface area contributed by atoms with Crippen molar-refractivity contribution in [1.29, 1.82) is 0 Å². The lowest BCUT2D eigenvalue weighted by Crippen LogP contribution is -2.43. The lowest BCUT2D eigenvalue weighted by Gasteiger charge is -2.34. The average Bonchev–Trinajstić information content (AvgIpc) is 2.47. The minimum atomic E-state index is -1.25. The fourth-order valence-corrected chi connectivity index (χ4v) is 3.61. The zero-order valence-corrected chi connectivity index (χ0v) is 12.3. The number of allylic oxidation sites excluding steroid dienone is 2. The van der Waals surface area contributed by atoms with Gasteiger partial charge < -0.3 is 10.2 Å². The molecule has 1 aromatic rings. The van der Waals surface area contributed by atoms with Crippen molar-refractivity contribution in [3.05, 3.63) is 59.7 Å². The highest BCUT2D eigenvalue weighted by molar-refractivity contribution is 8.00. The molecule has 1 aromatic carbocycles. The summed E-state index contributed by atoms with van der Waals surface area (Å²) >= 11 is 1.24. The number of thioether (sulfide) groups is 1. The number of carboxylic acid groups (broad SMARTS) is 2. The van der Waals surface area contributed by atoms with Crippen molar-refractivity contribution in [2.24, 2.45) is 5.92 Å². The van der Waals surface area contributed by atoms with Gasteiger partial charge in [0.25, 0.3) is 0 Å². The standard InChI is InChI=1S/C16H16O4S/c1-11-13(14(17)18)8-5-9-16(11,15(19)20)21-10-12-6-3-2-4-7-12/h2-9,11H,10H2,1H3,(H,17,18)(H,19,20). The van der Waals surface area contributed by atoms with E-state index in [1.165, 1.54) is 23.9 Å². The summed E-state index contributed by atoms with van der Waals surface area (Å²) in [5.74, 6) is -2.18. The van der Waals surface area contributed by atoms with E-state index in [1.54, 1.807) is 13.0 Å². The number of benzene rings is 1. The van der Waals surface area contributed by atoms with Crippen molar-refractivity contribution < 1.29 is 19.8 Å². The maximum Gasteiger partial charge on any atom is 0.331 e. The maximum absolute atomic E-state index is 11.8. The number of hydrogen-bond donors (Lipinski definition) is 2. The van der Waals surface area contributed by atoms with Gasteiger partial charge in [-0.05, 0) is 5.56 Å². The second-order valence-electron chi connectivity index (χ2n) is 4.88. The molecule has 0 amide bonds. The zero-order chi connectivity index (χ0) is 15.5. The Morgan fingerprint density at radius 1 is 1.24 bits per heavy atom. The van der Waals surface area contributed by atoms with Gasteiger partial charge in [0.2, 0.25) is 0 Å². The van der Waals surface area contributed by atoms with E-state index in [0.29, 0.717) is 5.75 Å². The lowest BCUT2D eigenvalue weighted by molar-refractivity contribution is -0.139. The second-order valence-corrected chi connectivity index (χ2v) is 6.13. The number of hydrogen-bond acceptors (Lipinski definition) is 3. The third-order valence-corrected chi connectivity index (χ3v) is 5.25. The van der Waals surface area contributed by atoms with Crippen LogP contribution < -0.4 is 0 Å². The number of aliphatic carboxylic acids is 2. The lowest BCUT2D eigenvalue weighted by atomic mass is 9.82. The molecule has 2 unspecified atom stereocenters. The molecular weight excluding hydrogens is 288 g/mol. The molecule has 0 heterocycles. The minimum absolute atomic E-state index is 0.125. The van der Waals surface area contributed by atoms with E-state index in [0.717, 1.165) is 5.56 Å². The van der Waals surface area contributed by atoms with E-state index in [9.17, 15) is 19.8 Å². The summed E-state index contributed by atoms with van der Waals surface area (Å²) in [6.07, 6.45) is 4.58. The molecule has 0 radical (unpaired) electrons. The molecule has 21 heavy (non-hydrogen) atoms. The smallest absolute Gasteiger partial charge is 0.331 e. The Labute approximate surface area is 127 Å². The van der Waals surface area contributed by atoms with E-state index in [4.69, 9.17) is 0 Å². The molecule has 0 bridgehead atoms. The van der Waals surface area contributed by atoms with Crippen LogP contribution in [-0.2, 0) is 15.3 Å². The first-order chi connectivity index (χ1) is 9.97. The molecular formula is C16H16O4S. The van der Waals surface area contributed by atoms with Crippen LogP contribution in [0.2, 0.25) is 0 Å². The number of carboxylic acids is 2. The molecule has 0 saturated heterocycles. The van der Waals surface area contributed by atoms with Crippen molar-refractivity contribution in [1.82, 2.24) is 0 Å². The molecule has 0 spiro atoms. The fourth-order valence-electron chi connectivity index (χ4n) is 2.34. The van der Waals surface area contributed by atoms with Gasteiger partial charge in [0.15, 0.2) is 0 Å². The van der Waals surface area contributed by atoms with Crippen molar-refractivity contribution in [2.45, 2.75) is 17.4 Å². The average molecular weight is 304 g/mol. The Balaban J connectivity index is 2.26. The molecule has 5 heteroatoms. The quantitative estimate of drug-likeness (QED) is 0.875. The van der Waals surface area contributed by atoms with Gasteiger partial charge in [-0.15, -0.1) is 11.8 Å². The van der Waals surface area contributed by atoms with Crippen LogP contribution in [0.4, 0.5) is 0 Å². The third kappa shape index (κ3) is 3.03. The molecule has 2 N–H and O–H groups in total. The maximum atomic E-state index is 11.8. The first-order valence-corrected chi connectivity index (χ1v) is 7.50. The van der Waals surface area contributed by atoms with E-state index in [2.05, 4.69) is 0 Å². The zero-order valence-electron chi connectivity index (χ0n) is 11.5. The van der Waals surface area contributed by atoms with Crippen LogP contribution in [0.5, 0.6) is 0 Å². The summed E-state index contributed by atoms with van der Waals surface area (Å²) < 4.78 is -1.25. The normalized spacial score (nSPS) is 24.4. The Kier molecular flexibility index (Phi) is 4.53. The number of carbonyl (C=O) groups is 2. The SMILES string of the molecule is CC1C(C(=O)O)=CC=CC1(SCc1ccccc1)C(=O)O. The molecule has 4 nitrogen and oxygen atoms in total. The molecule has 1 aliphatic rings. The second kappa shape index (κ2) is 6.18. The summed E-state index contributed by atoms with van der Waals surface area (Å²) in [6.45, 7) is 1.65. The van der Waals surface area contributed by atoms with Crippen LogP contribution in [0.15, 0.2) is 54.1 Å². The first kappa shape index (κ1) is 15.4. The van der Waals surface area contributed by atoms with Crippen LogP contribution in [0.3, 0.4) is 0 Å².